The van der Waals surface area contributed by atoms with E-state index in [9.17, 15) is 43.8 Å². The maximum atomic E-state index is 15.3. The number of ether oxygens (including phenoxy) is 1. The van der Waals surface area contributed by atoms with E-state index in [2.05, 4.69) is 16.0 Å². The number of aliphatic hydroxyl groups is 2. The summed E-state index contributed by atoms with van der Waals surface area (Å²) in [6, 6.07) is 6.14. The Kier molecular flexibility index (Phi) is 23.8. The number of fused-ring (bicyclic) bond motifs is 1. The number of amides is 8. The van der Waals surface area contributed by atoms with Gasteiger partial charge in [0.2, 0.25) is 41.4 Å². The Morgan fingerprint density at radius 3 is 1.59 bits per heavy atom. The van der Waals surface area contributed by atoms with Gasteiger partial charge in [0.1, 0.15) is 48.4 Å². The largest absolute Gasteiger partial charge is 0.450 e. The Labute approximate surface area is 474 Å². The number of hydrogen-bond donors (Lipinski definition) is 5. The molecule has 8 amide bonds. The summed E-state index contributed by atoms with van der Waals surface area (Å²) in [5, 5.41) is 32.6. The van der Waals surface area contributed by atoms with Crippen molar-refractivity contribution in [1.82, 2.24) is 40.4 Å². The lowest BCUT2D eigenvalue weighted by atomic mass is 9.93. The molecule has 20 heteroatoms. The predicted octanol–water partition coefficient (Wildman–Crippen LogP) is 3.86. The van der Waals surface area contributed by atoms with E-state index in [1.807, 2.05) is 20.8 Å². The number of carbonyl (C=O) groups is 9. The standard InChI is InChI=1S/C60H92N8O12/c1-17-37(9)44-56(75)64(13)45(35(5)6)52(71)61-41(32-34(3)4)55(74)67(16)50(60(11,12)79)59(78)80-49(38(10)18-2)58(77)65(14)46(36(7)8)53(72)62-42(33-39-26-21-19-22-27-39)54(73)66(15)47(48(69)40-28-23-20-24-29-40)57(76)68-31-25-30-43(68)51(70)63-44/h19-24,26-29,34-38,41-50,69,79H,17-18,25,30-33H2,1-16H3,(H,61,71)(H,62,72)(H,63,70)/t37-,38-,41+,42+,43+,44+,45+,46+,47+,48+,49-,50-/m1/s1. The van der Waals surface area contributed by atoms with Gasteiger partial charge < -0.3 is 55.4 Å². The summed E-state index contributed by atoms with van der Waals surface area (Å²) in [4.78, 5) is 140. The van der Waals surface area contributed by atoms with Gasteiger partial charge in [0.25, 0.3) is 5.91 Å². The van der Waals surface area contributed by atoms with Crippen molar-refractivity contribution in [3.8, 4) is 0 Å². The lowest BCUT2D eigenvalue weighted by Gasteiger charge is -2.39. The molecule has 20 nitrogen and oxygen atoms in total. The summed E-state index contributed by atoms with van der Waals surface area (Å²) >= 11 is 0. The molecule has 2 saturated heterocycles. The van der Waals surface area contributed by atoms with Crippen molar-refractivity contribution >= 4 is 53.2 Å². The van der Waals surface area contributed by atoms with Crippen LogP contribution in [0.5, 0.6) is 0 Å². The maximum Gasteiger partial charge on any atom is 0.332 e. The zero-order chi connectivity index (χ0) is 60.2. The highest BCUT2D eigenvalue weighted by molar-refractivity contribution is 5.99. The Balaban J connectivity index is 2.00. The molecule has 80 heavy (non-hydrogen) atoms. The van der Waals surface area contributed by atoms with E-state index >= 15 is 9.59 Å². The number of aliphatic hydroxyl groups excluding tert-OH is 1. The zero-order valence-corrected chi connectivity index (χ0v) is 50.1. The quantitative estimate of drug-likeness (QED) is 0.179. The first-order valence-corrected chi connectivity index (χ1v) is 28.4. The van der Waals surface area contributed by atoms with Crippen LogP contribution < -0.4 is 16.0 Å². The molecule has 0 radical (unpaired) electrons. The lowest BCUT2D eigenvalue weighted by molar-refractivity contribution is -0.177. The lowest BCUT2D eigenvalue weighted by Crippen LogP contribution is -2.63. The van der Waals surface area contributed by atoms with Crippen LogP contribution in [0.25, 0.3) is 0 Å². The van der Waals surface area contributed by atoms with Gasteiger partial charge in [-0.3, -0.25) is 38.4 Å². The minimum absolute atomic E-state index is 0.0595. The van der Waals surface area contributed by atoms with Crippen LogP contribution in [0.3, 0.4) is 0 Å². The molecule has 0 aromatic heterocycles. The molecule has 2 fully saturated rings. The number of likely N-dealkylation sites (N-methyl/N-ethyl adjacent to an activating group) is 4. The molecule has 0 bridgehead atoms. The van der Waals surface area contributed by atoms with Crippen molar-refractivity contribution < 1.29 is 58.1 Å². The SMILES string of the molecule is CC[C@@H](C)[C@@H]1NC(=O)[C@@H]2CCCN2C(=O)[C@H]([C@@H](O)c2ccccc2)N(C)C(=O)[C@H](Cc2ccccc2)NC(=O)[C@H](C(C)C)N(C)C(=O)[C@@H]([C@H](C)CC)OC(=O)[C@H](C(C)(C)O)N(C)C(=O)[C@H](CC(C)C)NC(=O)[C@H](C(C)C)N(C)C1=O. The topological polar surface area (TPSA) is 256 Å². The first-order chi connectivity index (χ1) is 37.4. The van der Waals surface area contributed by atoms with Crippen molar-refractivity contribution in [3.05, 3.63) is 71.8 Å². The summed E-state index contributed by atoms with van der Waals surface area (Å²) < 4.78 is 6.08. The van der Waals surface area contributed by atoms with E-state index in [4.69, 9.17) is 4.74 Å². The normalized spacial score (nSPS) is 26.7. The fraction of sp³-hybridized carbons (Fsp3) is 0.650. The van der Waals surface area contributed by atoms with E-state index in [1.165, 1.54) is 51.8 Å². The Bertz CT molecular complexity index is 2470. The van der Waals surface area contributed by atoms with Gasteiger partial charge in [0, 0.05) is 47.1 Å². The van der Waals surface area contributed by atoms with E-state index < -0.39 is 143 Å². The molecular formula is C60H92N8O12. The number of esters is 1. The molecular weight excluding hydrogens is 1020 g/mol. The average molecular weight is 1120 g/mol. The molecule has 4 rings (SSSR count). The van der Waals surface area contributed by atoms with Gasteiger partial charge in [-0.1, -0.05) is 136 Å². The third-order valence-corrected chi connectivity index (χ3v) is 15.9. The fourth-order valence-corrected chi connectivity index (χ4v) is 11.0. The summed E-state index contributed by atoms with van der Waals surface area (Å²) in [6.07, 6.45) is -1.96. The Morgan fingerprint density at radius 1 is 0.600 bits per heavy atom. The van der Waals surface area contributed by atoms with Gasteiger partial charge in [0.05, 0.1) is 5.60 Å². The summed E-state index contributed by atoms with van der Waals surface area (Å²) in [5.74, 6) is -9.51. The highest BCUT2D eigenvalue weighted by Crippen LogP contribution is 2.30. The molecule has 2 aliphatic heterocycles. The minimum atomic E-state index is -1.99. The van der Waals surface area contributed by atoms with Crippen LogP contribution in [-0.2, 0) is 54.3 Å². The van der Waals surface area contributed by atoms with Crippen molar-refractivity contribution in [1.29, 1.82) is 0 Å². The van der Waals surface area contributed by atoms with E-state index in [-0.39, 0.29) is 37.3 Å². The third kappa shape index (κ3) is 15.9. The number of cyclic esters (lactones) is 1. The number of carbonyl (C=O) groups excluding carboxylic acids is 9. The van der Waals surface area contributed by atoms with E-state index in [0.29, 0.717) is 24.8 Å². The first-order valence-electron chi connectivity index (χ1n) is 28.4. The average Bonchev–Trinajstić information content (AvgIpc) is 3.90. The molecule has 0 saturated carbocycles. The maximum absolute atomic E-state index is 15.3. The monoisotopic (exact) mass is 1120 g/mol. The van der Waals surface area contributed by atoms with Gasteiger partial charge >= 0.3 is 5.97 Å². The molecule has 2 heterocycles. The zero-order valence-electron chi connectivity index (χ0n) is 50.1. The van der Waals surface area contributed by atoms with Crippen LogP contribution in [-0.4, -0.2) is 183 Å². The van der Waals surface area contributed by atoms with Crippen LogP contribution in [0, 0.1) is 29.6 Å². The van der Waals surface area contributed by atoms with Gasteiger partial charge in [-0.15, -0.1) is 0 Å². The highest BCUT2D eigenvalue weighted by Gasteiger charge is 2.49. The fourth-order valence-electron chi connectivity index (χ4n) is 11.0. The first kappa shape index (κ1) is 66.1. The van der Waals surface area contributed by atoms with Crippen molar-refractivity contribution in [2.75, 3.05) is 34.7 Å². The van der Waals surface area contributed by atoms with Crippen molar-refractivity contribution in [2.24, 2.45) is 29.6 Å². The second-order valence-corrected chi connectivity index (χ2v) is 23.8. The van der Waals surface area contributed by atoms with E-state index in [0.717, 1.165) is 14.7 Å². The van der Waals surface area contributed by atoms with Crippen molar-refractivity contribution in [3.63, 3.8) is 0 Å². The van der Waals surface area contributed by atoms with E-state index in [1.54, 1.807) is 109 Å². The second-order valence-electron chi connectivity index (χ2n) is 23.8. The molecule has 444 valence electrons. The van der Waals surface area contributed by atoms with Crippen LogP contribution in [0.15, 0.2) is 60.7 Å². The smallest absolute Gasteiger partial charge is 0.332 e. The van der Waals surface area contributed by atoms with Gasteiger partial charge in [-0.2, -0.15) is 0 Å². The number of nitrogens with one attached hydrogen (secondary N) is 3. The third-order valence-electron chi connectivity index (χ3n) is 15.9. The molecule has 0 aliphatic carbocycles. The molecule has 5 N–H and O–H groups in total. The number of rotatable bonds is 13. The highest BCUT2D eigenvalue weighted by atomic mass is 16.6. The van der Waals surface area contributed by atoms with Crippen LogP contribution in [0.4, 0.5) is 0 Å². The molecule has 2 aromatic carbocycles. The van der Waals surface area contributed by atoms with Gasteiger partial charge in [-0.25, -0.2) is 4.79 Å². The summed E-state index contributed by atoms with van der Waals surface area (Å²) in [5.41, 5.74) is -1.07. The minimum Gasteiger partial charge on any atom is -0.450 e. The molecule has 2 aliphatic rings. The Hall–Kier alpha value is -6.41. The molecule has 0 unspecified atom stereocenters. The summed E-state index contributed by atoms with van der Waals surface area (Å²) in [6.45, 7) is 20.3. The second kappa shape index (κ2) is 28.8. The molecule has 12 atom stereocenters. The van der Waals surface area contributed by atoms with Crippen LogP contribution in [0.2, 0.25) is 0 Å². The summed E-state index contributed by atoms with van der Waals surface area (Å²) in [7, 11) is 5.45. The number of hydrogen-bond acceptors (Lipinski definition) is 12. The Morgan fingerprint density at radius 2 is 1.09 bits per heavy atom. The van der Waals surface area contributed by atoms with Crippen LogP contribution in [0.1, 0.15) is 132 Å². The van der Waals surface area contributed by atoms with Crippen molar-refractivity contribution in [2.45, 2.75) is 188 Å². The van der Waals surface area contributed by atoms with Gasteiger partial charge in [0.15, 0.2) is 12.1 Å². The molecule has 2 aromatic rings. The number of benzene rings is 2. The number of nitrogens with zero attached hydrogens (tertiary/aromatic N) is 5. The van der Waals surface area contributed by atoms with Crippen LogP contribution >= 0.6 is 0 Å². The predicted molar refractivity (Wildman–Crippen MR) is 303 cm³/mol. The molecule has 0 spiro atoms. The van der Waals surface area contributed by atoms with Gasteiger partial charge in [-0.05, 0) is 74.3 Å².